The van der Waals surface area contributed by atoms with Gasteiger partial charge in [-0.3, -0.25) is 5.10 Å². The Bertz CT molecular complexity index is 596. The van der Waals surface area contributed by atoms with Gasteiger partial charge in [-0.15, -0.1) is 0 Å². The average molecular weight is 212 g/mol. The van der Waals surface area contributed by atoms with Crippen LogP contribution < -0.4 is 0 Å². The van der Waals surface area contributed by atoms with E-state index in [9.17, 15) is 0 Å². The molecule has 6 heteroatoms. The molecule has 2 aromatic heterocycles. The molecule has 0 aromatic carbocycles. The number of azide groups is 1. The molecular formula is C10H8N6. The van der Waals surface area contributed by atoms with E-state index < -0.39 is 0 Å². The molecule has 6 nitrogen and oxygen atoms in total. The third-order valence-corrected chi connectivity index (χ3v) is 1.94. The largest absolute Gasteiger partial charge is 0.267 e. The number of aromatic nitrogens is 3. The van der Waals surface area contributed by atoms with Crippen molar-refractivity contribution in [2.24, 2.45) is 5.11 Å². The van der Waals surface area contributed by atoms with E-state index in [-0.39, 0.29) is 0 Å². The van der Waals surface area contributed by atoms with Crippen molar-refractivity contribution >= 4 is 11.0 Å². The van der Waals surface area contributed by atoms with Crippen molar-refractivity contribution in [1.82, 2.24) is 15.2 Å². The number of nitrogens with one attached hydrogen (secondary N) is 1. The lowest BCUT2D eigenvalue weighted by atomic mass is 10.2. The minimum absolute atomic E-state index is 0.383. The van der Waals surface area contributed by atoms with E-state index in [0.717, 1.165) is 11.1 Å². The van der Waals surface area contributed by atoms with Gasteiger partial charge < -0.3 is 0 Å². The molecule has 0 bridgehead atoms. The summed E-state index contributed by atoms with van der Waals surface area (Å²) in [5, 5.41) is 11.1. The molecule has 16 heavy (non-hydrogen) atoms. The number of hydrogen-bond donors (Lipinski definition) is 1. The van der Waals surface area contributed by atoms with Crippen molar-refractivity contribution in [1.29, 1.82) is 0 Å². The van der Waals surface area contributed by atoms with Crippen molar-refractivity contribution in [2.75, 3.05) is 6.54 Å². The van der Waals surface area contributed by atoms with Crippen LogP contribution in [0.4, 0.5) is 0 Å². The molecule has 0 amide bonds. The maximum Gasteiger partial charge on any atom is 0.182 e. The van der Waals surface area contributed by atoms with Crippen LogP contribution in [0.3, 0.4) is 0 Å². The van der Waals surface area contributed by atoms with Gasteiger partial charge >= 0.3 is 0 Å². The first-order valence-electron chi connectivity index (χ1n) is 4.70. The van der Waals surface area contributed by atoms with Gasteiger partial charge in [-0.05, 0) is 23.6 Å². The predicted octanol–water partition coefficient (Wildman–Crippen LogP) is 2.01. The summed E-state index contributed by atoms with van der Waals surface area (Å²) in [5.74, 6) is 5.84. The summed E-state index contributed by atoms with van der Waals surface area (Å²) in [5.41, 5.74) is 9.47. The Kier molecular flexibility index (Phi) is 3.02. The Morgan fingerprint density at radius 2 is 2.50 bits per heavy atom. The maximum atomic E-state index is 8.08. The molecule has 0 aliphatic carbocycles. The fourth-order valence-corrected chi connectivity index (χ4v) is 1.25. The van der Waals surface area contributed by atoms with E-state index >= 15 is 0 Å². The predicted molar refractivity (Wildman–Crippen MR) is 59.4 cm³/mol. The van der Waals surface area contributed by atoms with Gasteiger partial charge in [0.05, 0.1) is 5.39 Å². The molecule has 0 fully saturated rings. The highest BCUT2D eigenvalue weighted by Crippen LogP contribution is 2.10. The Labute approximate surface area is 91.3 Å². The molecule has 0 saturated heterocycles. The van der Waals surface area contributed by atoms with Crippen molar-refractivity contribution in [3.05, 3.63) is 34.5 Å². The average Bonchev–Trinajstić information content (AvgIpc) is 2.73. The number of aromatic amines is 1. The summed E-state index contributed by atoms with van der Waals surface area (Å²) < 4.78 is 0. The molecule has 0 unspecified atom stereocenters. The third-order valence-electron chi connectivity index (χ3n) is 1.94. The van der Waals surface area contributed by atoms with Crippen LogP contribution in [0.5, 0.6) is 0 Å². The first kappa shape index (κ1) is 10.0. The zero-order valence-electron chi connectivity index (χ0n) is 8.38. The first-order chi connectivity index (χ1) is 7.92. The lowest BCUT2D eigenvalue weighted by Gasteiger charge is -1.85. The van der Waals surface area contributed by atoms with Gasteiger partial charge in [-0.25, -0.2) is 4.98 Å². The van der Waals surface area contributed by atoms with Crippen molar-refractivity contribution in [3.63, 3.8) is 0 Å². The number of pyridine rings is 1. The van der Waals surface area contributed by atoms with E-state index in [2.05, 4.69) is 37.0 Å². The number of H-pyrrole nitrogens is 1. The van der Waals surface area contributed by atoms with E-state index in [1.54, 1.807) is 6.20 Å². The van der Waals surface area contributed by atoms with E-state index in [1.807, 2.05) is 12.1 Å². The molecule has 78 valence electrons. The normalized spacial score (nSPS) is 9.25. The maximum absolute atomic E-state index is 8.08. The zero-order valence-corrected chi connectivity index (χ0v) is 8.38. The molecule has 0 aliphatic heterocycles. The first-order valence-corrected chi connectivity index (χ1v) is 4.70. The molecule has 0 spiro atoms. The van der Waals surface area contributed by atoms with Crippen LogP contribution in [0, 0.1) is 11.8 Å². The van der Waals surface area contributed by atoms with Crippen LogP contribution in [-0.4, -0.2) is 21.7 Å². The smallest absolute Gasteiger partial charge is 0.182 e. The quantitative estimate of drug-likeness (QED) is 0.271. The fraction of sp³-hybridized carbons (Fsp3) is 0.200. The van der Waals surface area contributed by atoms with E-state index in [1.165, 1.54) is 0 Å². The Balaban J connectivity index is 2.18. The van der Waals surface area contributed by atoms with Gasteiger partial charge in [0.1, 0.15) is 5.69 Å². The molecular weight excluding hydrogens is 204 g/mol. The highest BCUT2D eigenvalue weighted by molar-refractivity contribution is 5.80. The summed E-state index contributed by atoms with van der Waals surface area (Å²) in [6.45, 7) is 0.383. The van der Waals surface area contributed by atoms with Gasteiger partial charge in [0.2, 0.25) is 0 Å². The van der Waals surface area contributed by atoms with Crippen molar-refractivity contribution in [3.8, 4) is 11.8 Å². The lowest BCUT2D eigenvalue weighted by molar-refractivity contribution is 1.01. The highest BCUT2D eigenvalue weighted by Gasteiger charge is 2.01. The van der Waals surface area contributed by atoms with Gasteiger partial charge in [0.15, 0.2) is 5.65 Å². The molecule has 0 saturated carbocycles. The van der Waals surface area contributed by atoms with Crippen LogP contribution in [0.2, 0.25) is 0 Å². The minimum atomic E-state index is 0.383. The number of nitrogens with zero attached hydrogens (tertiary/aromatic N) is 5. The Morgan fingerprint density at radius 1 is 1.56 bits per heavy atom. The van der Waals surface area contributed by atoms with Crippen LogP contribution in [0.1, 0.15) is 12.1 Å². The standard InChI is InChI=1S/C10H8N6/c11-16-13-7-2-1-5-9-8-4-3-6-12-10(8)15-14-9/h3-4,6H,2,7H2,(H,12,14,15). The molecule has 0 aliphatic rings. The SMILES string of the molecule is [N-]=[N+]=NCCC#Cc1[nH]nc2ncccc12. The summed E-state index contributed by atoms with van der Waals surface area (Å²) in [6, 6.07) is 3.74. The van der Waals surface area contributed by atoms with Gasteiger partial charge in [0.25, 0.3) is 0 Å². The summed E-state index contributed by atoms with van der Waals surface area (Å²) in [6.07, 6.45) is 2.22. The second-order valence-corrected chi connectivity index (χ2v) is 2.98. The van der Waals surface area contributed by atoms with Gasteiger partial charge in [0, 0.05) is 24.1 Å². The molecule has 0 radical (unpaired) electrons. The summed E-state index contributed by atoms with van der Waals surface area (Å²) in [4.78, 5) is 6.73. The topological polar surface area (TPSA) is 90.3 Å². The molecule has 2 aromatic rings. The van der Waals surface area contributed by atoms with Crippen LogP contribution in [-0.2, 0) is 0 Å². The van der Waals surface area contributed by atoms with E-state index in [4.69, 9.17) is 5.53 Å². The number of fused-ring (bicyclic) bond motifs is 1. The van der Waals surface area contributed by atoms with Gasteiger partial charge in [-0.1, -0.05) is 11.0 Å². The van der Waals surface area contributed by atoms with Crippen molar-refractivity contribution in [2.45, 2.75) is 6.42 Å². The summed E-state index contributed by atoms with van der Waals surface area (Å²) >= 11 is 0. The second kappa shape index (κ2) is 4.82. The number of rotatable bonds is 2. The zero-order chi connectivity index (χ0) is 11.2. The molecule has 0 atom stereocenters. The van der Waals surface area contributed by atoms with Crippen molar-refractivity contribution < 1.29 is 0 Å². The summed E-state index contributed by atoms with van der Waals surface area (Å²) in [7, 11) is 0. The minimum Gasteiger partial charge on any atom is -0.267 e. The lowest BCUT2D eigenvalue weighted by Crippen LogP contribution is -1.77. The Morgan fingerprint density at radius 3 is 3.38 bits per heavy atom. The molecule has 2 heterocycles. The number of hydrogen-bond acceptors (Lipinski definition) is 3. The monoisotopic (exact) mass is 212 g/mol. The van der Waals surface area contributed by atoms with Gasteiger partial charge in [-0.2, -0.15) is 5.10 Å². The van der Waals surface area contributed by atoms with Crippen LogP contribution in [0.15, 0.2) is 23.4 Å². The third kappa shape index (κ3) is 2.11. The fourth-order valence-electron chi connectivity index (χ4n) is 1.25. The van der Waals surface area contributed by atoms with Crippen LogP contribution in [0.25, 0.3) is 21.5 Å². The second-order valence-electron chi connectivity index (χ2n) is 2.98. The molecule has 1 N–H and O–H groups in total. The van der Waals surface area contributed by atoms with Crippen LogP contribution >= 0.6 is 0 Å². The highest BCUT2D eigenvalue weighted by atomic mass is 15.1. The van der Waals surface area contributed by atoms with E-state index in [0.29, 0.717) is 18.6 Å². The Hall–Kier alpha value is -2.51. The molecule has 2 rings (SSSR count).